The van der Waals surface area contributed by atoms with E-state index in [0.717, 1.165) is 0 Å². The number of carboxylic acids is 2. The van der Waals surface area contributed by atoms with Gasteiger partial charge in [0.1, 0.15) is 5.75 Å². The summed E-state index contributed by atoms with van der Waals surface area (Å²) in [5, 5.41) is 17.9. The summed E-state index contributed by atoms with van der Waals surface area (Å²) in [5.74, 6) is -4.44. The minimum atomic E-state index is -1.69. The predicted octanol–water partition coefficient (Wildman–Crippen LogP) is 1.60. The van der Waals surface area contributed by atoms with Gasteiger partial charge < -0.3 is 14.9 Å². The first-order valence-electron chi connectivity index (χ1n) is 4.26. The second-order valence-electron chi connectivity index (χ2n) is 3.00. The van der Waals surface area contributed by atoms with Crippen LogP contribution in [0.3, 0.4) is 0 Å². The Morgan fingerprint density at radius 2 is 1.88 bits per heavy atom. The van der Waals surface area contributed by atoms with Crippen LogP contribution < -0.4 is 4.74 Å². The van der Waals surface area contributed by atoms with Gasteiger partial charge in [0.25, 0.3) is 0 Å². The molecule has 1 aromatic carbocycles. The first-order chi connectivity index (χ1) is 7.47. The predicted molar refractivity (Wildman–Crippen MR) is 56.0 cm³/mol. The van der Waals surface area contributed by atoms with E-state index in [1.54, 1.807) is 0 Å². The van der Waals surface area contributed by atoms with Gasteiger partial charge in [0, 0.05) is 10.6 Å². The molecule has 5 nitrogen and oxygen atoms in total. The Labute approximate surface area is 96.2 Å². The van der Waals surface area contributed by atoms with Crippen molar-refractivity contribution in [2.45, 2.75) is 5.92 Å². The second-order valence-corrected chi connectivity index (χ2v) is 3.43. The molecule has 86 valence electrons. The maximum atomic E-state index is 10.8. The lowest BCUT2D eigenvalue weighted by Crippen LogP contribution is -2.21. The standard InChI is InChI=1S/C10H9ClO5/c1-16-7-3-2-5(11)4-6(7)8(9(12)13)10(14)15/h2-4,8H,1H3,(H,12,13)(H,14,15). The van der Waals surface area contributed by atoms with E-state index in [1.165, 1.54) is 25.3 Å². The number of hydrogen-bond acceptors (Lipinski definition) is 3. The molecule has 0 bridgehead atoms. The Kier molecular flexibility index (Phi) is 3.73. The van der Waals surface area contributed by atoms with Gasteiger partial charge in [-0.3, -0.25) is 9.59 Å². The van der Waals surface area contributed by atoms with Gasteiger partial charge in [-0.05, 0) is 18.2 Å². The minimum absolute atomic E-state index is 0.0231. The van der Waals surface area contributed by atoms with E-state index >= 15 is 0 Å². The molecule has 0 spiro atoms. The molecular weight excluding hydrogens is 236 g/mol. The van der Waals surface area contributed by atoms with E-state index in [4.69, 9.17) is 26.6 Å². The van der Waals surface area contributed by atoms with Crippen LogP contribution in [0.4, 0.5) is 0 Å². The molecule has 0 aliphatic carbocycles. The zero-order chi connectivity index (χ0) is 12.3. The summed E-state index contributed by atoms with van der Waals surface area (Å²) in [5.41, 5.74) is 0.0231. The van der Waals surface area contributed by atoms with Crippen LogP contribution in [-0.2, 0) is 9.59 Å². The first-order valence-corrected chi connectivity index (χ1v) is 4.64. The van der Waals surface area contributed by atoms with E-state index in [1.807, 2.05) is 0 Å². The van der Waals surface area contributed by atoms with Crippen molar-refractivity contribution < 1.29 is 24.5 Å². The third-order valence-corrected chi connectivity index (χ3v) is 2.23. The molecular formula is C10H9ClO5. The van der Waals surface area contributed by atoms with Crippen molar-refractivity contribution >= 4 is 23.5 Å². The smallest absolute Gasteiger partial charge is 0.322 e. The number of carboxylic acid groups (broad SMARTS) is 2. The molecule has 0 saturated carbocycles. The molecule has 1 rings (SSSR count). The fourth-order valence-electron chi connectivity index (χ4n) is 1.30. The van der Waals surface area contributed by atoms with Crippen LogP contribution in [-0.4, -0.2) is 29.3 Å². The van der Waals surface area contributed by atoms with Crippen molar-refractivity contribution in [3.05, 3.63) is 28.8 Å². The molecule has 0 fully saturated rings. The lowest BCUT2D eigenvalue weighted by Gasteiger charge is -2.12. The SMILES string of the molecule is COc1ccc(Cl)cc1C(C(=O)O)C(=O)O. The second kappa shape index (κ2) is 4.85. The lowest BCUT2D eigenvalue weighted by atomic mass is 9.98. The number of rotatable bonds is 4. The molecule has 0 aromatic heterocycles. The summed E-state index contributed by atoms with van der Waals surface area (Å²) in [7, 11) is 1.33. The molecule has 0 aliphatic heterocycles. The van der Waals surface area contributed by atoms with Gasteiger partial charge in [-0.1, -0.05) is 11.6 Å². The highest BCUT2D eigenvalue weighted by Gasteiger charge is 2.30. The third kappa shape index (κ3) is 2.43. The largest absolute Gasteiger partial charge is 0.496 e. The fraction of sp³-hybridized carbons (Fsp3) is 0.200. The van der Waals surface area contributed by atoms with Crippen molar-refractivity contribution in [1.29, 1.82) is 0 Å². The van der Waals surface area contributed by atoms with Gasteiger partial charge in [-0.25, -0.2) is 0 Å². The van der Waals surface area contributed by atoms with Crippen molar-refractivity contribution in [2.75, 3.05) is 7.11 Å². The zero-order valence-corrected chi connectivity index (χ0v) is 9.06. The Hall–Kier alpha value is -1.75. The summed E-state index contributed by atoms with van der Waals surface area (Å²) in [6, 6.07) is 4.19. The maximum absolute atomic E-state index is 10.8. The van der Waals surface area contributed by atoms with Gasteiger partial charge in [0.05, 0.1) is 7.11 Å². The first kappa shape index (κ1) is 12.3. The molecule has 2 N–H and O–H groups in total. The van der Waals surface area contributed by atoms with Crippen LogP contribution in [0.5, 0.6) is 5.75 Å². The number of aliphatic carboxylic acids is 2. The number of hydrogen-bond donors (Lipinski definition) is 2. The van der Waals surface area contributed by atoms with E-state index in [-0.39, 0.29) is 16.3 Å². The number of halogens is 1. The van der Waals surface area contributed by atoms with Crippen molar-refractivity contribution in [3.8, 4) is 5.75 Å². The Bertz CT molecular complexity index is 415. The Morgan fingerprint density at radius 1 is 1.31 bits per heavy atom. The van der Waals surface area contributed by atoms with Crippen LogP contribution in [0.1, 0.15) is 11.5 Å². The van der Waals surface area contributed by atoms with E-state index in [9.17, 15) is 9.59 Å². The molecule has 0 amide bonds. The Morgan fingerprint density at radius 3 is 2.31 bits per heavy atom. The molecule has 16 heavy (non-hydrogen) atoms. The molecule has 0 aliphatic rings. The van der Waals surface area contributed by atoms with Gasteiger partial charge in [-0.15, -0.1) is 0 Å². The fourth-order valence-corrected chi connectivity index (χ4v) is 1.48. The molecule has 0 saturated heterocycles. The average molecular weight is 245 g/mol. The molecule has 0 unspecified atom stereocenters. The molecule has 0 atom stereocenters. The number of methoxy groups -OCH3 is 1. The lowest BCUT2D eigenvalue weighted by molar-refractivity contribution is -0.150. The normalized spacial score (nSPS) is 10.2. The summed E-state index contributed by atoms with van der Waals surface area (Å²) in [4.78, 5) is 21.7. The Balaban J connectivity index is 3.32. The van der Waals surface area contributed by atoms with Crippen LogP contribution in [0.25, 0.3) is 0 Å². The highest BCUT2D eigenvalue weighted by molar-refractivity contribution is 6.30. The van der Waals surface area contributed by atoms with E-state index in [2.05, 4.69) is 0 Å². The van der Waals surface area contributed by atoms with Crippen LogP contribution in [0.15, 0.2) is 18.2 Å². The third-order valence-electron chi connectivity index (χ3n) is 2.00. The van der Waals surface area contributed by atoms with Gasteiger partial charge in [0.2, 0.25) is 0 Å². The average Bonchev–Trinajstić information content (AvgIpc) is 2.17. The zero-order valence-electron chi connectivity index (χ0n) is 8.31. The molecule has 0 radical (unpaired) electrons. The number of ether oxygens (including phenoxy) is 1. The van der Waals surface area contributed by atoms with Crippen molar-refractivity contribution in [2.24, 2.45) is 0 Å². The van der Waals surface area contributed by atoms with Gasteiger partial charge in [0.15, 0.2) is 5.92 Å². The molecule has 1 aromatic rings. The summed E-state index contributed by atoms with van der Waals surface area (Å²) >= 11 is 5.69. The van der Waals surface area contributed by atoms with Crippen molar-refractivity contribution in [1.82, 2.24) is 0 Å². The molecule has 0 heterocycles. The van der Waals surface area contributed by atoms with E-state index < -0.39 is 17.9 Å². The van der Waals surface area contributed by atoms with Crippen LogP contribution in [0, 0.1) is 0 Å². The van der Waals surface area contributed by atoms with Crippen LogP contribution >= 0.6 is 11.6 Å². The summed E-state index contributed by atoms with van der Waals surface area (Å²) in [6.07, 6.45) is 0. The summed E-state index contributed by atoms with van der Waals surface area (Å²) < 4.78 is 4.90. The van der Waals surface area contributed by atoms with Crippen molar-refractivity contribution in [3.63, 3.8) is 0 Å². The number of carbonyl (C=O) groups is 2. The minimum Gasteiger partial charge on any atom is -0.496 e. The quantitative estimate of drug-likeness (QED) is 0.786. The van der Waals surface area contributed by atoms with E-state index in [0.29, 0.717) is 0 Å². The van der Waals surface area contributed by atoms with Gasteiger partial charge in [-0.2, -0.15) is 0 Å². The van der Waals surface area contributed by atoms with Gasteiger partial charge >= 0.3 is 11.9 Å². The monoisotopic (exact) mass is 244 g/mol. The maximum Gasteiger partial charge on any atom is 0.322 e. The van der Waals surface area contributed by atoms with Crippen LogP contribution in [0.2, 0.25) is 5.02 Å². The topological polar surface area (TPSA) is 83.8 Å². The number of benzene rings is 1. The summed E-state index contributed by atoms with van der Waals surface area (Å²) in [6.45, 7) is 0. The molecule has 6 heteroatoms. The highest BCUT2D eigenvalue weighted by atomic mass is 35.5. The highest BCUT2D eigenvalue weighted by Crippen LogP contribution is 2.30.